The summed E-state index contributed by atoms with van der Waals surface area (Å²) in [6, 6.07) is 8.02. The van der Waals surface area contributed by atoms with E-state index in [9.17, 15) is 9.90 Å². The topological polar surface area (TPSA) is 54.3 Å². The van der Waals surface area contributed by atoms with Gasteiger partial charge in [-0.3, -0.25) is 4.79 Å². The molecule has 1 aliphatic carbocycles. The summed E-state index contributed by atoms with van der Waals surface area (Å²) in [6.07, 6.45) is 6.11. The van der Waals surface area contributed by atoms with Gasteiger partial charge in [0.15, 0.2) is 0 Å². The van der Waals surface area contributed by atoms with Crippen molar-refractivity contribution in [3.63, 3.8) is 0 Å². The molecule has 4 heteroatoms. The summed E-state index contributed by atoms with van der Waals surface area (Å²) in [5.74, 6) is 0.162. The molecule has 0 radical (unpaired) electrons. The molecule has 1 saturated carbocycles. The van der Waals surface area contributed by atoms with Gasteiger partial charge < -0.3 is 15.0 Å². The van der Waals surface area contributed by atoms with Crippen LogP contribution in [0.3, 0.4) is 0 Å². The molecule has 1 heterocycles. The Kier molecular flexibility index (Phi) is 3.97. The molecule has 1 amide bonds. The van der Waals surface area contributed by atoms with Crippen LogP contribution in [-0.2, 0) is 7.05 Å². The minimum atomic E-state index is -0.0304. The van der Waals surface area contributed by atoms with Crippen LogP contribution in [-0.4, -0.2) is 28.2 Å². The predicted octanol–water partition coefficient (Wildman–Crippen LogP) is 2.46. The number of nitrogens with zero attached hydrogens (tertiary/aromatic N) is 1. The first-order valence-electron chi connectivity index (χ1n) is 7.66. The maximum Gasteiger partial charge on any atom is 0.253 e. The van der Waals surface area contributed by atoms with Gasteiger partial charge in [-0.15, -0.1) is 0 Å². The van der Waals surface area contributed by atoms with Crippen LogP contribution in [0.4, 0.5) is 0 Å². The van der Waals surface area contributed by atoms with Gasteiger partial charge in [0, 0.05) is 42.7 Å². The van der Waals surface area contributed by atoms with Gasteiger partial charge in [-0.1, -0.05) is 31.0 Å². The number of hydrogen-bond donors (Lipinski definition) is 2. The van der Waals surface area contributed by atoms with Crippen LogP contribution in [0.2, 0.25) is 0 Å². The molecule has 21 heavy (non-hydrogen) atoms. The highest BCUT2D eigenvalue weighted by Gasteiger charge is 2.27. The summed E-state index contributed by atoms with van der Waals surface area (Å²) in [6.45, 7) is 0.153. The third kappa shape index (κ3) is 2.68. The van der Waals surface area contributed by atoms with Crippen molar-refractivity contribution in [3.8, 4) is 0 Å². The number of aryl methyl sites for hydroxylation is 1. The van der Waals surface area contributed by atoms with Gasteiger partial charge in [-0.2, -0.15) is 0 Å². The summed E-state index contributed by atoms with van der Waals surface area (Å²) in [5, 5.41) is 13.6. The average Bonchev–Trinajstić information content (AvgIpc) is 2.86. The van der Waals surface area contributed by atoms with Gasteiger partial charge in [0.2, 0.25) is 0 Å². The van der Waals surface area contributed by atoms with Gasteiger partial charge in [0.25, 0.3) is 5.91 Å². The number of aliphatic hydroxyl groups is 1. The lowest BCUT2D eigenvalue weighted by Gasteiger charge is -2.30. The van der Waals surface area contributed by atoms with E-state index in [0.29, 0.717) is 0 Å². The van der Waals surface area contributed by atoms with Gasteiger partial charge in [-0.25, -0.2) is 0 Å². The largest absolute Gasteiger partial charge is 0.396 e. The number of para-hydroxylation sites is 1. The van der Waals surface area contributed by atoms with Crippen LogP contribution < -0.4 is 5.32 Å². The molecule has 2 unspecified atom stereocenters. The lowest BCUT2D eigenvalue weighted by molar-refractivity contribution is 0.0874. The highest BCUT2D eigenvalue weighted by atomic mass is 16.3. The van der Waals surface area contributed by atoms with Crippen molar-refractivity contribution >= 4 is 16.8 Å². The lowest BCUT2D eigenvalue weighted by atomic mass is 9.85. The average molecular weight is 286 g/mol. The molecule has 4 nitrogen and oxygen atoms in total. The molecule has 1 aromatic heterocycles. The smallest absolute Gasteiger partial charge is 0.253 e. The maximum atomic E-state index is 12.6. The van der Waals surface area contributed by atoms with E-state index in [1.165, 1.54) is 0 Å². The molecule has 2 N–H and O–H groups in total. The molecule has 0 aliphatic heterocycles. The molecule has 0 spiro atoms. The molecule has 0 bridgehead atoms. The van der Waals surface area contributed by atoms with Crippen LogP contribution >= 0.6 is 0 Å². The fourth-order valence-corrected chi connectivity index (χ4v) is 3.38. The summed E-state index contributed by atoms with van der Waals surface area (Å²) in [5.41, 5.74) is 1.78. The number of aromatic nitrogens is 1. The highest BCUT2D eigenvalue weighted by molar-refractivity contribution is 6.07. The first-order chi connectivity index (χ1) is 10.2. The molecular weight excluding hydrogens is 264 g/mol. The van der Waals surface area contributed by atoms with E-state index in [2.05, 4.69) is 5.32 Å². The zero-order valence-corrected chi connectivity index (χ0v) is 12.4. The molecular formula is C17H22N2O2. The molecule has 0 saturated heterocycles. The Labute approximate surface area is 124 Å². The summed E-state index contributed by atoms with van der Waals surface area (Å²) < 4.78 is 1.98. The molecule has 3 rings (SSSR count). The molecule has 1 fully saturated rings. The number of carbonyl (C=O) groups excluding carboxylic acids is 1. The van der Waals surface area contributed by atoms with Gasteiger partial charge in [0.05, 0.1) is 5.56 Å². The van der Waals surface area contributed by atoms with Gasteiger partial charge >= 0.3 is 0 Å². The van der Waals surface area contributed by atoms with Gasteiger partial charge in [-0.05, 0) is 18.9 Å². The SMILES string of the molecule is Cn1cc(C(=O)NC2CCCCC2CO)c2ccccc21. The van der Waals surface area contributed by atoms with Crippen molar-refractivity contribution in [1.29, 1.82) is 0 Å². The minimum absolute atomic E-state index is 0.0304. The highest BCUT2D eigenvalue weighted by Crippen LogP contribution is 2.25. The second-order valence-electron chi connectivity index (χ2n) is 5.98. The van der Waals surface area contributed by atoms with E-state index in [4.69, 9.17) is 0 Å². The zero-order valence-electron chi connectivity index (χ0n) is 12.4. The second-order valence-corrected chi connectivity index (χ2v) is 5.98. The molecule has 2 aromatic rings. The van der Waals surface area contributed by atoms with Crippen LogP contribution in [0.25, 0.3) is 10.9 Å². The number of carbonyl (C=O) groups is 1. The summed E-state index contributed by atoms with van der Waals surface area (Å²) >= 11 is 0. The Bertz CT molecular complexity index is 647. The molecule has 1 aliphatic rings. The number of amides is 1. The van der Waals surface area contributed by atoms with E-state index < -0.39 is 0 Å². The third-order valence-electron chi connectivity index (χ3n) is 4.60. The molecule has 2 atom stereocenters. The Morgan fingerprint density at radius 2 is 2.10 bits per heavy atom. The number of benzene rings is 1. The Hall–Kier alpha value is -1.81. The predicted molar refractivity (Wildman–Crippen MR) is 83.2 cm³/mol. The summed E-state index contributed by atoms with van der Waals surface area (Å²) in [7, 11) is 1.95. The Balaban J connectivity index is 1.84. The quantitative estimate of drug-likeness (QED) is 0.910. The van der Waals surface area contributed by atoms with Crippen LogP contribution in [0, 0.1) is 5.92 Å². The van der Waals surface area contributed by atoms with Crippen LogP contribution in [0.5, 0.6) is 0 Å². The monoisotopic (exact) mass is 286 g/mol. The van der Waals surface area contributed by atoms with Crippen LogP contribution in [0.15, 0.2) is 30.5 Å². The van der Waals surface area contributed by atoms with E-state index in [1.54, 1.807) is 0 Å². The van der Waals surface area contributed by atoms with Crippen molar-refractivity contribution in [2.45, 2.75) is 31.7 Å². The van der Waals surface area contributed by atoms with Crippen molar-refractivity contribution < 1.29 is 9.90 Å². The van der Waals surface area contributed by atoms with Crippen LogP contribution in [0.1, 0.15) is 36.0 Å². The summed E-state index contributed by atoms with van der Waals surface area (Å²) in [4.78, 5) is 12.6. The third-order valence-corrected chi connectivity index (χ3v) is 4.60. The van der Waals surface area contributed by atoms with E-state index in [-0.39, 0.29) is 24.5 Å². The number of hydrogen-bond acceptors (Lipinski definition) is 2. The Morgan fingerprint density at radius 1 is 1.33 bits per heavy atom. The fraction of sp³-hybridized carbons (Fsp3) is 0.471. The number of fused-ring (bicyclic) bond motifs is 1. The van der Waals surface area contributed by atoms with Crippen molar-refractivity contribution in [3.05, 3.63) is 36.0 Å². The van der Waals surface area contributed by atoms with E-state index in [1.807, 2.05) is 42.1 Å². The first-order valence-corrected chi connectivity index (χ1v) is 7.66. The standard InChI is InChI=1S/C17H22N2O2/c1-19-10-14(13-7-3-5-9-16(13)19)17(21)18-15-8-4-2-6-12(15)11-20/h3,5,7,9-10,12,15,20H,2,4,6,8,11H2,1H3,(H,18,21). The normalized spacial score (nSPS) is 22.4. The second kappa shape index (κ2) is 5.90. The van der Waals surface area contributed by atoms with E-state index in [0.717, 1.165) is 42.1 Å². The number of rotatable bonds is 3. The zero-order chi connectivity index (χ0) is 14.8. The Morgan fingerprint density at radius 3 is 2.90 bits per heavy atom. The minimum Gasteiger partial charge on any atom is -0.396 e. The van der Waals surface area contributed by atoms with Gasteiger partial charge in [0.1, 0.15) is 0 Å². The van der Waals surface area contributed by atoms with Crippen molar-refractivity contribution in [1.82, 2.24) is 9.88 Å². The maximum absolute atomic E-state index is 12.6. The van der Waals surface area contributed by atoms with E-state index >= 15 is 0 Å². The fourth-order valence-electron chi connectivity index (χ4n) is 3.38. The molecule has 1 aromatic carbocycles. The lowest BCUT2D eigenvalue weighted by Crippen LogP contribution is -2.43. The molecule has 112 valence electrons. The number of aliphatic hydroxyl groups excluding tert-OH is 1. The number of nitrogens with one attached hydrogen (secondary N) is 1. The first kappa shape index (κ1) is 14.1. The van der Waals surface area contributed by atoms with Crippen molar-refractivity contribution in [2.24, 2.45) is 13.0 Å². The van der Waals surface area contributed by atoms with Crippen molar-refractivity contribution in [2.75, 3.05) is 6.61 Å².